The third kappa shape index (κ3) is 4.70. The second-order valence-corrected chi connectivity index (χ2v) is 4.22. The van der Waals surface area contributed by atoms with E-state index in [1.807, 2.05) is 0 Å². The van der Waals surface area contributed by atoms with Gasteiger partial charge in [0.2, 0.25) is 0 Å². The quantitative estimate of drug-likeness (QED) is 0.646. The Hall–Kier alpha value is -1.22. The van der Waals surface area contributed by atoms with E-state index in [4.69, 9.17) is 0 Å². The Balaban J connectivity index is 2.61. The van der Waals surface area contributed by atoms with E-state index < -0.39 is 0 Å². The van der Waals surface area contributed by atoms with Crippen molar-refractivity contribution in [2.45, 2.75) is 40.0 Å². The lowest BCUT2D eigenvalue weighted by Gasteiger charge is -1.99. The van der Waals surface area contributed by atoms with Gasteiger partial charge in [-0.2, -0.15) is 0 Å². The van der Waals surface area contributed by atoms with Crippen molar-refractivity contribution < 1.29 is 0 Å². The highest BCUT2D eigenvalue weighted by Gasteiger charge is 1.92. The average Bonchev–Trinajstić information content (AvgIpc) is 2.25. The van der Waals surface area contributed by atoms with E-state index in [0.29, 0.717) is 5.92 Å². The van der Waals surface area contributed by atoms with E-state index >= 15 is 0 Å². The highest BCUT2D eigenvalue weighted by Crippen LogP contribution is 2.07. The summed E-state index contributed by atoms with van der Waals surface area (Å²) in [6.45, 7) is 6.45. The Kier molecular flexibility index (Phi) is 4.98. The van der Waals surface area contributed by atoms with E-state index in [-0.39, 0.29) is 0 Å². The van der Waals surface area contributed by atoms with Crippen molar-refractivity contribution in [1.29, 1.82) is 0 Å². The summed E-state index contributed by atoms with van der Waals surface area (Å²) in [6, 6.07) is 8.64. The summed E-state index contributed by atoms with van der Waals surface area (Å²) < 4.78 is 0. The third-order valence-corrected chi connectivity index (χ3v) is 2.28. The van der Waals surface area contributed by atoms with Crippen LogP contribution in [0.5, 0.6) is 0 Å². The van der Waals surface area contributed by atoms with Gasteiger partial charge in [0.1, 0.15) is 0 Å². The van der Waals surface area contributed by atoms with Crippen molar-refractivity contribution in [3.05, 3.63) is 35.4 Å². The van der Waals surface area contributed by atoms with Gasteiger partial charge in [0.25, 0.3) is 0 Å². The van der Waals surface area contributed by atoms with Crippen LogP contribution in [0, 0.1) is 17.8 Å². The highest BCUT2D eigenvalue weighted by atomic mass is 14.0. The summed E-state index contributed by atoms with van der Waals surface area (Å²) in [5.41, 5.74) is 2.55. The molecule has 15 heavy (non-hydrogen) atoms. The van der Waals surface area contributed by atoms with Gasteiger partial charge in [-0.1, -0.05) is 51.2 Å². The number of benzene rings is 1. The molecule has 0 bridgehead atoms. The fraction of sp³-hybridized carbons (Fsp3) is 0.467. The number of aryl methyl sites for hydroxylation is 1. The smallest absolute Gasteiger partial charge is 0.0245 e. The van der Waals surface area contributed by atoms with Gasteiger partial charge in [-0.05, 0) is 30.5 Å². The van der Waals surface area contributed by atoms with Gasteiger partial charge in [0, 0.05) is 11.5 Å². The molecule has 0 aliphatic carbocycles. The lowest BCUT2D eigenvalue weighted by molar-refractivity contribution is 0.795. The van der Waals surface area contributed by atoms with Crippen LogP contribution in [-0.2, 0) is 6.42 Å². The Morgan fingerprint density at radius 3 is 2.33 bits per heavy atom. The largest absolute Gasteiger partial charge is 0.0951 e. The minimum Gasteiger partial charge on any atom is -0.0951 e. The zero-order chi connectivity index (χ0) is 11.1. The summed E-state index contributed by atoms with van der Waals surface area (Å²) in [5.74, 6) is 6.80. The molecule has 0 aliphatic rings. The van der Waals surface area contributed by atoms with Gasteiger partial charge in [-0.3, -0.25) is 0 Å². The Morgan fingerprint density at radius 1 is 1.13 bits per heavy atom. The van der Waals surface area contributed by atoms with Gasteiger partial charge in [0.15, 0.2) is 0 Å². The first-order valence-corrected chi connectivity index (χ1v) is 5.83. The molecule has 0 heterocycles. The van der Waals surface area contributed by atoms with Crippen LogP contribution in [0.4, 0.5) is 0 Å². The Bertz CT molecular complexity index is 333. The summed E-state index contributed by atoms with van der Waals surface area (Å²) in [7, 11) is 0. The van der Waals surface area contributed by atoms with Crippen molar-refractivity contribution in [2.75, 3.05) is 0 Å². The molecule has 1 aromatic rings. The molecule has 0 amide bonds. The van der Waals surface area contributed by atoms with Crippen molar-refractivity contribution >= 4 is 0 Å². The summed E-state index contributed by atoms with van der Waals surface area (Å²) in [6.07, 6.45) is 3.72. The molecule has 0 saturated heterocycles. The van der Waals surface area contributed by atoms with Gasteiger partial charge in [-0.15, -0.1) is 0 Å². The number of hydrogen-bond acceptors (Lipinski definition) is 0. The maximum Gasteiger partial charge on any atom is 0.0245 e. The Labute approximate surface area is 93.7 Å². The lowest BCUT2D eigenvalue weighted by Crippen LogP contribution is -1.85. The lowest BCUT2D eigenvalue weighted by atomic mass is 10.1. The molecule has 0 nitrogen and oxygen atoms in total. The van der Waals surface area contributed by atoms with E-state index in [1.54, 1.807) is 0 Å². The van der Waals surface area contributed by atoms with Crippen molar-refractivity contribution in [1.82, 2.24) is 0 Å². The SMILES string of the molecule is CCCCc1ccc(C#CC(C)C)cc1. The first kappa shape index (κ1) is 11.9. The molecule has 0 heteroatoms. The van der Waals surface area contributed by atoms with E-state index in [0.717, 1.165) is 5.56 Å². The van der Waals surface area contributed by atoms with Crippen LogP contribution in [0.25, 0.3) is 0 Å². The predicted molar refractivity (Wildman–Crippen MR) is 66.8 cm³/mol. The first-order valence-electron chi connectivity index (χ1n) is 5.83. The molecular weight excluding hydrogens is 180 g/mol. The molecule has 0 aliphatic heterocycles. The number of unbranched alkanes of at least 4 members (excludes halogenated alkanes) is 1. The molecule has 0 unspecified atom stereocenters. The van der Waals surface area contributed by atoms with Crippen molar-refractivity contribution in [2.24, 2.45) is 5.92 Å². The highest BCUT2D eigenvalue weighted by molar-refractivity contribution is 5.36. The zero-order valence-electron chi connectivity index (χ0n) is 10.0. The minimum atomic E-state index is 0.449. The third-order valence-electron chi connectivity index (χ3n) is 2.28. The van der Waals surface area contributed by atoms with Crippen LogP contribution in [0.2, 0.25) is 0 Å². The van der Waals surface area contributed by atoms with Gasteiger partial charge in [0.05, 0.1) is 0 Å². The molecule has 0 aromatic heterocycles. The summed E-state index contributed by atoms with van der Waals surface area (Å²) in [5, 5.41) is 0. The van der Waals surface area contributed by atoms with Crippen LogP contribution < -0.4 is 0 Å². The molecule has 0 fully saturated rings. The Morgan fingerprint density at radius 2 is 1.80 bits per heavy atom. The standard InChI is InChI=1S/C15H20/c1-4-5-6-14-9-11-15(12-10-14)8-7-13(2)3/h9-13H,4-6H2,1-3H3. The van der Waals surface area contributed by atoms with Crippen LogP contribution in [0.3, 0.4) is 0 Å². The van der Waals surface area contributed by atoms with E-state index in [1.165, 1.54) is 24.8 Å². The van der Waals surface area contributed by atoms with Crippen LogP contribution >= 0.6 is 0 Å². The molecule has 0 radical (unpaired) electrons. The molecule has 0 atom stereocenters. The molecule has 0 saturated carbocycles. The number of rotatable bonds is 3. The fourth-order valence-electron chi connectivity index (χ4n) is 1.36. The minimum absolute atomic E-state index is 0.449. The summed E-state index contributed by atoms with van der Waals surface area (Å²) in [4.78, 5) is 0. The van der Waals surface area contributed by atoms with Crippen molar-refractivity contribution in [3.63, 3.8) is 0 Å². The fourth-order valence-corrected chi connectivity index (χ4v) is 1.36. The maximum atomic E-state index is 3.18. The number of hydrogen-bond donors (Lipinski definition) is 0. The van der Waals surface area contributed by atoms with Crippen LogP contribution in [-0.4, -0.2) is 0 Å². The molecule has 0 spiro atoms. The molecule has 1 aromatic carbocycles. The predicted octanol–water partition coefficient (Wildman–Crippen LogP) is 4.04. The van der Waals surface area contributed by atoms with Crippen LogP contribution in [0.1, 0.15) is 44.7 Å². The van der Waals surface area contributed by atoms with Crippen LogP contribution in [0.15, 0.2) is 24.3 Å². The van der Waals surface area contributed by atoms with Gasteiger partial charge in [-0.25, -0.2) is 0 Å². The monoisotopic (exact) mass is 200 g/mol. The zero-order valence-corrected chi connectivity index (χ0v) is 10.0. The molecular formula is C15H20. The second kappa shape index (κ2) is 6.30. The molecule has 1 rings (SSSR count). The second-order valence-electron chi connectivity index (χ2n) is 4.22. The first-order chi connectivity index (χ1) is 7.22. The topological polar surface area (TPSA) is 0 Å². The van der Waals surface area contributed by atoms with Gasteiger partial charge < -0.3 is 0 Å². The molecule has 80 valence electrons. The summed E-state index contributed by atoms with van der Waals surface area (Å²) >= 11 is 0. The van der Waals surface area contributed by atoms with Gasteiger partial charge >= 0.3 is 0 Å². The van der Waals surface area contributed by atoms with E-state index in [2.05, 4.69) is 56.9 Å². The normalized spacial score (nSPS) is 9.87. The molecule has 0 N–H and O–H groups in total. The maximum absolute atomic E-state index is 3.18. The average molecular weight is 200 g/mol. The van der Waals surface area contributed by atoms with E-state index in [9.17, 15) is 0 Å². The van der Waals surface area contributed by atoms with Crippen molar-refractivity contribution in [3.8, 4) is 11.8 Å².